The molecule has 0 radical (unpaired) electrons. The number of carbonyl (C=O) groups excluding carboxylic acids is 2. The molecule has 0 aliphatic rings. The van der Waals surface area contributed by atoms with Crippen LogP contribution >= 0.6 is 31.9 Å². The van der Waals surface area contributed by atoms with Gasteiger partial charge in [0.1, 0.15) is 6.61 Å². The van der Waals surface area contributed by atoms with Gasteiger partial charge in [-0.1, -0.05) is 46.3 Å². The van der Waals surface area contributed by atoms with E-state index in [1.165, 1.54) is 13.3 Å². The summed E-state index contributed by atoms with van der Waals surface area (Å²) in [5, 5.41) is 6.43. The summed E-state index contributed by atoms with van der Waals surface area (Å²) >= 11 is 6.84. The lowest BCUT2D eigenvalue weighted by atomic mass is 10.2. The fraction of sp³-hybridized carbons (Fsp3) is 0.125. The van der Waals surface area contributed by atoms with Gasteiger partial charge < -0.3 is 14.8 Å². The molecular weight excluding hydrogens is 554 g/mol. The van der Waals surface area contributed by atoms with Crippen LogP contribution in [0.4, 0.5) is 5.69 Å². The summed E-state index contributed by atoms with van der Waals surface area (Å²) < 4.78 is 12.9. The van der Waals surface area contributed by atoms with E-state index in [9.17, 15) is 9.59 Å². The molecule has 3 aromatic rings. The molecule has 0 saturated carbocycles. The van der Waals surface area contributed by atoms with Gasteiger partial charge in [0.25, 0.3) is 0 Å². The van der Waals surface area contributed by atoms with E-state index in [-0.39, 0.29) is 0 Å². The Morgan fingerprint density at radius 3 is 2.48 bits per heavy atom. The Morgan fingerprint density at radius 1 is 1.03 bits per heavy atom. The van der Waals surface area contributed by atoms with Gasteiger partial charge in [-0.15, -0.1) is 0 Å². The van der Waals surface area contributed by atoms with E-state index >= 15 is 0 Å². The van der Waals surface area contributed by atoms with E-state index in [2.05, 4.69) is 47.7 Å². The standard InChI is InChI=1S/C24H21Br2N3O4/c1-15-10-18(25)8-9-20(15)28-23(30)24(31)29-27-13-17-11-19(26)22(21(12-17)32-2)33-14-16-6-4-3-5-7-16/h3-13H,14H2,1-2H3,(H,28,30)(H,29,31)/b27-13+. The first-order chi connectivity index (χ1) is 15.9. The van der Waals surface area contributed by atoms with Gasteiger partial charge >= 0.3 is 11.8 Å². The summed E-state index contributed by atoms with van der Waals surface area (Å²) in [7, 11) is 1.54. The number of hydrazone groups is 1. The average molecular weight is 575 g/mol. The van der Waals surface area contributed by atoms with Crippen LogP contribution in [-0.2, 0) is 16.2 Å². The first kappa shape index (κ1) is 24.5. The van der Waals surface area contributed by atoms with Crippen molar-refractivity contribution in [2.75, 3.05) is 12.4 Å². The number of ether oxygens (including phenoxy) is 2. The SMILES string of the molecule is COc1cc(/C=N/NC(=O)C(=O)Nc2ccc(Br)cc2C)cc(Br)c1OCc1ccccc1. The number of amides is 2. The Bertz CT molecular complexity index is 1180. The third-order valence-electron chi connectivity index (χ3n) is 4.50. The van der Waals surface area contributed by atoms with Crippen molar-refractivity contribution in [2.24, 2.45) is 5.10 Å². The number of aryl methyl sites for hydroxylation is 1. The van der Waals surface area contributed by atoms with Crippen LogP contribution in [0.2, 0.25) is 0 Å². The zero-order valence-corrected chi connectivity index (χ0v) is 21.1. The van der Waals surface area contributed by atoms with E-state index in [0.29, 0.717) is 33.8 Å². The smallest absolute Gasteiger partial charge is 0.329 e. The molecule has 0 aliphatic heterocycles. The number of rotatable bonds is 7. The number of carbonyl (C=O) groups is 2. The molecule has 0 bridgehead atoms. The minimum atomic E-state index is -0.887. The number of nitrogens with zero attached hydrogens (tertiary/aromatic N) is 1. The monoisotopic (exact) mass is 573 g/mol. The molecule has 33 heavy (non-hydrogen) atoms. The minimum Gasteiger partial charge on any atom is -0.493 e. The van der Waals surface area contributed by atoms with E-state index in [4.69, 9.17) is 9.47 Å². The second-order valence-electron chi connectivity index (χ2n) is 6.92. The zero-order valence-electron chi connectivity index (χ0n) is 17.9. The van der Waals surface area contributed by atoms with Crippen LogP contribution < -0.4 is 20.2 Å². The van der Waals surface area contributed by atoms with Crippen LogP contribution in [0.3, 0.4) is 0 Å². The second kappa shape index (κ2) is 11.6. The number of hydrogen-bond acceptors (Lipinski definition) is 5. The molecule has 0 atom stereocenters. The molecule has 0 fully saturated rings. The number of hydrogen-bond donors (Lipinski definition) is 2. The quantitative estimate of drug-likeness (QED) is 0.231. The highest BCUT2D eigenvalue weighted by molar-refractivity contribution is 9.10. The molecule has 0 aliphatic carbocycles. The lowest BCUT2D eigenvalue weighted by Gasteiger charge is -2.13. The maximum absolute atomic E-state index is 12.1. The maximum atomic E-state index is 12.1. The van der Waals surface area contributed by atoms with Crippen LogP contribution in [-0.4, -0.2) is 25.1 Å². The fourth-order valence-corrected chi connectivity index (χ4v) is 3.90. The van der Waals surface area contributed by atoms with Crippen molar-refractivity contribution in [3.63, 3.8) is 0 Å². The van der Waals surface area contributed by atoms with E-state index in [1.807, 2.05) is 43.3 Å². The zero-order chi connectivity index (χ0) is 23.8. The fourth-order valence-electron chi connectivity index (χ4n) is 2.85. The van der Waals surface area contributed by atoms with Gasteiger partial charge in [0.05, 0.1) is 17.8 Å². The molecular formula is C24H21Br2N3O4. The molecule has 0 saturated heterocycles. The lowest BCUT2D eigenvalue weighted by molar-refractivity contribution is -0.136. The number of methoxy groups -OCH3 is 1. The van der Waals surface area contributed by atoms with Crippen molar-refractivity contribution in [3.05, 3.63) is 86.3 Å². The van der Waals surface area contributed by atoms with Crippen LogP contribution in [0.15, 0.2) is 74.7 Å². The normalized spacial score (nSPS) is 10.7. The molecule has 0 heterocycles. The molecule has 2 amide bonds. The predicted molar refractivity (Wildman–Crippen MR) is 135 cm³/mol. The number of anilines is 1. The van der Waals surface area contributed by atoms with Gasteiger partial charge in [-0.3, -0.25) is 9.59 Å². The Hall–Kier alpha value is -3.17. The highest BCUT2D eigenvalue weighted by atomic mass is 79.9. The third-order valence-corrected chi connectivity index (χ3v) is 5.58. The predicted octanol–water partition coefficient (Wildman–Crippen LogP) is 5.20. The second-order valence-corrected chi connectivity index (χ2v) is 8.69. The van der Waals surface area contributed by atoms with Crippen LogP contribution in [0.1, 0.15) is 16.7 Å². The van der Waals surface area contributed by atoms with Crippen molar-refractivity contribution >= 4 is 55.6 Å². The molecule has 2 N–H and O–H groups in total. The van der Waals surface area contributed by atoms with Crippen molar-refractivity contribution < 1.29 is 19.1 Å². The topological polar surface area (TPSA) is 89.0 Å². The molecule has 170 valence electrons. The lowest BCUT2D eigenvalue weighted by Crippen LogP contribution is -2.32. The Balaban J connectivity index is 1.62. The highest BCUT2D eigenvalue weighted by Crippen LogP contribution is 2.36. The van der Waals surface area contributed by atoms with Crippen molar-refractivity contribution in [1.82, 2.24) is 5.43 Å². The van der Waals surface area contributed by atoms with E-state index < -0.39 is 11.8 Å². The first-order valence-electron chi connectivity index (χ1n) is 9.82. The van der Waals surface area contributed by atoms with Crippen LogP contribution in [0.5, 0.6) is 11.5 Å². The third kappa shape index (κ3) is 6.90. The van der Waals surface area contributed by atoms with Crippen molar-refractivity contribution in [2.45, 2.75) is 13.5 Å². The molecule has 3 aromatic carbocycles. The molecule has 0 unspecified atom stereocenters. The Labute approximate surface area is 208 Å². The average Bonchev–Trinajstić information content (AvgIpc) is 2.80. The first-order valence-corrected chi connectivity index (χ1v) is 11.4. The van der Waals surface area contributed by atoms with E-state index in [0.717, 1.165) is 15.6 Å². The number of benzene rings is 3. The summed E-state index contributed by atoms with van der Waals surface area (Å²) in [5.41, 5.74) is 5.24. The molecule has 0 aromatic heterocycles. The van der Waals surface area contributed by atoms with Gasteiger partial charge in [0, 0.05) is 10.2 Å². The van der Waals surface area contributed by atoms with E-state index in [1.54, 1.807) is 24.3 Å². The summed E-state index contributed by atoms with van der Waals surface area (Å²) in [6, 6.07) is 18.6. The summed E-state index contributed by atoms with van der Waals surface area (Å²) in [5.74, 6) is -0.660. The van der Waals surface area contributed by atoms with Gasteiger partial charge in [-0.05, 0) is 69.9 Å². The number of nitrogens with one attached hydrogen (secondary N) is 2. The van der Waals surface area contributed by atoms with Gasteiger partial charge in [-0.25, -0.2) is 5.43 Å². The van der Waals surface area contributed by atoms with Gasteiger partial charge in [0.2, 0.25) is 0 Å². The highest BCUT2D eigenvalue weighted by Gasteiger charge is 2.15. The van der Waals surface area contributed by atoms with Crippen LogP contribution in [0, 0.1) is 6.92 Å². The summed E-state index contributed by atoms with van der Waals surface area (Å²) in [6.07, 6.45) is 1.41. The van der Waals surface area contributed by atoms with Gasteiger partial charge in [-0.2, -0.15) is 5.10 Å². The molecule has 9 heteroatoms. The van der Waals surface area contributed by atoms with Crippen molar-refractivity contribution in [1.29, 1.82) is 0 Å². The number of halogens is 2. The minimum absolute atomic E-state index is 0.381. The largest absolute Gasteiger partial charge is 0.493 e. The Kier molecular flexibility index (Phi) is 8.62. The van der Waals surface area contributed by atoms with Gasteiger partial charge in [0.15, 0.2) is 11.5 Å². The Morgan fingerprint density at radius 2 is 1.79 bits per heavy atom. The molecule has 3 rings (SSSR count). The van der Waals surface area contributed by atoms with Crippen molar-refractivity contribution in [3.8, 4) is 11.5 Å². The molecule has 7 nitrogen and oxygen atoms in total. The summed E-state index contributed by atoms with van der Waals surface area (Å²) in [4.78, 5) is 24.2. The van der Waals surface area contributed by atoms with Crippen LogP contribution in [0.25, 0.3) is 0 Å². The maximum Gasteiger partial charge on any atom is 0.329 e. The molecule has 0 spiro atoms. The summed E-state index contributed by atoms with van der Waals surface area (Å²) in [6.45, 7) is 2.21.